The molecule has 2 aromatic rings. The summed E-state index contributed by atoms with van der Waals surface area (Å²) in [6.07, 6.45) is 4.71. The summed E-state index contributed by atoms with van der Waals surface area (Å²) in [6, 6.07) is 3.75. The van der Waals surface area contributed by atoms with Gasteiger partial charge in [0.2, 0.25) is 0 Å². The maximum Gasteiger partial charge on any atom is 0.306 e. The van der Waals surface area contributed by atoms with E-state index in [1.807, 2.05) is 12.1 Å². The molecule has 23 heavy (non-hydrogen) atoms. The molecule has 1 aliphatic heterocycles. The van der Waals surface area contributed by atoms with Crippen molar-refractivity contribution in [2.24, 2.45) is 5.92 Å². The second kappa shape index (κ2) is 6.76. The predicted octanol–water partition coefficient (Wildman–Crippen LogP) is 2.39. The Labute approximate surface area is 134 Å². The van der Waals surface area contributed by atoms with Crippen LogP contribution >= 0.6 is 0 Å². The highest BCUT2D eigenvalue weighted by Gasteiger charge is 2.27. The first-order chi connectivity index (χ1) is 11.2. The number of nitrogens with zero attached hydrogens (tertiary/aromatic N) is 4. The summed E-state index contributed by atoms with van der Waals surface area (Å²) in [5.74, 6) is 0.965. The number of hydrogen-bond acceptors (Lipinski definition) is 6. The number of piperidine rings is 1. The van der Waals surface area contributed by atoms with E-state index >= 15 is 0 Å². The Kier molecular flexibility index (Phi) is 4.55. The van der Waals surface area contributed by atoms with E-state index in [2.05, 4.69) is 26.9 Å². The lowest BCUT2D eigenvalue weighted by Gasteiger charge is -2.31. The molecule has 0 bridgehead atoms. The summed E-state index contributed by atoms with van der Waals surface area (Å²) in [7, 11) is 0. The zero-order valence-corrected chi connectivity index (χ0v) is 13.1. The molecule has 122 valence electrons. The molecule has 1 aliphatic rings. The molecule has 1 fully saturated rings. The summed E-state index contributed by atoms with van der Waals surface area (Å²) in [4.78, 5) is 22.1. The van der Waals surface area contributed by atoms with Crippen molar-refractivity contribution in [2.45, 2.75) is 32.6 Å². The fourth-order valence-corrected chi connectivity index (χ4v) is 2.84. The standard InChI is InChI=1S/C16H20N4O3/c1-2-4-13-18-15(23-19-13)12-5-3-8-17-14(12)20-9-6-11(7-10-20)16(21)22/h3,5,8,11H,2,4,6-7,9-10H2,1H3,(H,21,22). The van der Waals surface area contributed by atoms with Crippen LogP contribution in [0.5, 0.6) is 0 Å². The van der Waals surface area contributed by atoms with Gasteiger partial charge in [0.15, 0.2) is 5.82 Å². The van der Waals surface area contributed by atoms with Crippen molar-refractivity contribution in [1.29, 1.82) is 0 Å². The van der Waals surface area contributed by atoms with Gasteiger partial charge in [-0.2, -0.15) is 4.98 Å². The summed E-state index contributed by atoms with van der Waals surface area (Å²) in [5.41, 5.74) is 0.802. The smallest absolute Gasteiger partial charge is 0.306 e. The molecule has 0 spiro atoms. The molecular formula is C16H20N4O3. The minimum Gasteiger partial charge on any atom is -0.481 e. The number of hydrogen-bond donors (Lipinski definition) is 1. The molecule has 7 heteroatoms. The van der Waals surface area contributed by atoms with Gasteiger partial charge in [-0.15, -0.1) is 0 Å². The highest BCUT2D eigenvalue weighted by molar-refractivity contribution is 5.72. The van der Waals surface area contributed by atoms with Crippen LogP contribution in [0.3, 0.4) is 0 Å². The van der Waals surface area contributed by atoms with E-state index in [1.165, 1.54) is 0 Å². The van der Waals surface area contributed by atoms with Gasteiger partial charge in [-0.05, 0) is 31.4 Å². The Morgan fingerprint density at radius 3 is 2.91 bits per heavy atom. The average molecular weight is 316 g/mol. The van der Waals surface area contributed by atoms with Crippen molar-refractivity contribution < 1.29 is 14.4 Å². The monoisotopic (exact) mass is 316 g/mol. The topological polar surface area (TPSA) is 92.4 Å². The van der Waals surface area contributed by atoms with Crippen LogP contribution in [0.25, 0.3) is 11.5 Å². The largest absolute Gasteiger partial charge is 0.481 e. The number of aliphatic carboxylic acids is 1. The molecule has 0 aromatic carbocycles. The van der Waals surface area contributed by atoms with Gasteiger partial charge in [0, 0.05) is 25.7 Å². The molecule has 0 radical (unpaired) electrons. The lowest BCUT2D eigenvalue weighted by molar-refractivity contribution is -0.142. The second-order valence-corrected chi connectivity index (χ2v) is 5.74. The highest BCUT2D eigenvalue weighted by Crippen LogP contribution is 2.30. The quantitative estimate of drug-likeness (QED) is 0.905. The summed E-state index contributed by atoms with van der Waals surface area (Å²) in [5, 5.41) is 13.1. The van der Waals surface area contributed by atoms with Gasteiger partial charge in [0.05, 0.1) is 11.5 Å². The van der Waals surface area contributed by atoms with Crippen LogP contribution in [0.15, 0.2) is 22.9 Å². The van der Waals surface area contributed by atoms with E-state index in [-0.39, 0.29) is 5.92 Å². The number of carboxylic acid groups (broad SMARTS) is 1. The van der Waals surface area contributed by atoms with E-state index in [4.69, 9.17) is 9.63 Å². The zero-order chi connectivity index (χ0) is 16.2. The fraction of sp³-hybridized carbons (Fsp3) is 0.500. The van der Waals surface area contributed by atoms with Crippen LogP contribution in [0.1, 0.15) is 32.0 Å². The van der Waals surface area contributed by atoms with Gasteiger partial charge in [0.1, 0.15) is 5.82 Å². The summed E-state index contributed by atoms with van der Waals surface area (Å²) >= 11 is 0. The molecule has 0 atom stereocenters. The van der Waals surface area contributed by atoms with Crippen molar-refractivity contribution in [3.05, 3.63) is 24.2 Å². The number of rotatable bonds is 5. The molecular weight excluding hydrogens is 296 g/mol. The first-order valence-electron chi connectivity index (χ1n) is 7.94. The van der Waals surface area contributed by atoms with E-state index < -0.39 is 5.97 Å². The van der Waals surface area contributed by atoms with E-state index in [1.54, 1.807) is 6.20 Å². The summed E-state index contributed by atoms with van der Waals surface area (Å²) < 4.78 is 5.37. The number of aromatic nitrogens is 3. The van der Waals surface area contributed by atoms with Gasteiger partial charge in [0.25, 0.3) is 5.89 Å². The number of carbonyl (C=O) groups is 1. The van der Waals surface area contributed by atoms with Crippen LogP contribution in [-0.2, 0) is 11.2 Å². The van der Waals surface area contributed by atoms with Gasteiger partial charge >= 0.3 is 5.97 Å². The Hall–Kier alpha value is -2.44. The van der Waals surface area contributed by atoms with Gasteiger partial charge in [-0.25, -0.2) is 4.98 Å². The van der Waals surface area contributed by atoms with E-state index in [9.17, 15) is 4.79 Å². The lowest BCUT2D eigenvalue weighted by Crippen LogP contribution is -2.37. The van der Waals surface area contributed by atoms with Crippen LogP contribution in [0.2, 0.25) is 0 Å². The first kappa shape index (κ1) is 15.5. The minimum atomic E-state index is -0.716. The molecule has 0 aliphatic carbocycles. The highest BCUT2D eigenvalue weighted by atomic mass is 16.5. The van der Waals surface area contributed by atoms with Crippen molar-refractivity contribution in [3.8, 4) is 11.5 Å². The molecule has 0 amide bonds. The Morgan fingerprint density at radius 2 is 2.22 bits per heavy atom. The average Bonchev–Trinajstić information content (AvgIpc) is 3.04. The first-order valence-corrected chi connectivity index (χ1v) is 7.94. The van der Waals surface area contributed by atoms with Crippen molar-refractivity contribution >= 4 is 11.8 Å². The molecule has 1 N–H and O–H groups in total. The molecule has 0 saturated carbocycles. The maximum atomic E-state index is 11.1. The molecule has 7 nitrogen and oxygen atoms in total. The third-order valence-electron chi connectivity index (χ3n) is 4.10. The van der Waals surface area contributed by atoms with E-state index in [0.29, 0.717) is 37.6 Å². The van der Waals surface area contributed by atoms with Crippen molar-refractivity contribution in [3.63, 3.8) is 0 Å². The van der Waals surface area contributed by atoms with Gasteiger partial charge < -0.3 is 14.5 Å². The van der Waals surface area contributed by atoms with Crippen LogP contribution < -0.4 is 4.90 Å². The predicted molar refractivity (Wildman–Crippen MR) is 84.1 cm³/mol. The van der Waals surface area contributed by atoms with Gasteiger partial charge in [-0.1, -0.05) is 12.1 Å². The third-order valence-corrected chi connectivity index (χ3v) is 4.10. The molecule has 1 saturated heterocycles. The molecule has 3 rings (SSSR count). The second-order valence-electron chi connectivity index (χ2n) is 5.74. The SMILES string of the molecule is CCCc1noc(-c2cccnc2N2CCC(C(=O)O)CC2)n1. The molecule has 0 unspecified atom stereocenters. The Bertz CT molecular complexity index is 677. The number of pyridine rings is 1. The van der Waals surface area contributed by atoms with Gasteiger partial charge in [-0.3, -0.25) is 4.79 Å². The van der Waals surface area contributed by atoms with Crippen molar-refractivity contribution in [1.82, 2.24) is 15.1 Å². The van der Waals surface area contributed by atoms with Crippen LogP contribution in [-0.4, -0.2) is 39.3 Å². The van der Waals surface area contributed by atoms with Crippen LogP contribution in [0.4, 0.5) is 5.82 Å². The zero-order valence-electron chi connectivity index (χ0n) is 13.1. The lowest BCUT2D eigenvalue weighted by atomic mass is 9.97. The number of carboxylic acids is 1. The minimum absolute atomic E-state index is 0.266. The summed E-state index contributed by atoms with van der Waals surface area (Å²) in [6.45, 7) is 3.39. The van der Waals surface area contributed by atoms with E-state index in [0.717, 1.165) is 24.2 Å². The number of anilines is 1. The molecule has 3 heterocycles. The number of aryl methyl sites for hydroxylation is 1. The fourth-order valence-electron chi connectivity index (χ4n) is 2.84. The molecule has 2 aromatic heterocycles. The third kappa shape index (κ3) is 3.33. The van der Waals surface area contributed by atoms with Crippen LogP contribution in [0, 0.1) is 5.92 Å². The van der Waals surface area contributed by atoms with Crippen molar-refractivity contribution in [2.75, 3.05) is 18.0 Å². The normalized spacial score (nSPS) is 15.8. The Morgan fingerprint density at radius 1 is 1.43 bits per heavy atom. The Balaban J connectivity index is 1.82. The maximum absolute atomic E-state index is 11.1.